The third-order valence-electron chi connectivity index (χ3n) is 0.862. The van der Waals surface area contributed by atoms with Crippen LogP contribution in [0, 0.1) is 0 Å². The molecule has 0 radical (unpaired) electrons. The van der Waals surface area contributed by atoms with Crippen LogP contribution in [0.5, 0.6) is 0 Å². The quantitative estimate of drug-likeness (QED) is 0.594. The molecule has 1 heterocycles. The standard InChI is InChI=1S/C6H5ClN2/c1-2-5-3-4-6(7)9-8-5/h2-4H,1H2. The molecule has 0 amide bonds. The van der Waals surface area contributed by atoms with E-state index in [4.69, 9.17) is 11.6 Å². The molecule has 1 aromatic heterocycles. The lowest BCUT2D eigenvalue weighted by atomic mass is 10.4. The summed E-state index contributed by atoms with van der Waals surface area (Å²) in [4.78, 5) is 0. The van der Waals surface area contributed by atoms with Gasteiger partial charge in [0.1, 0.15) is 0 Å². The number of aromatic nitrogens is 2. The zero-order valence-electron chi connectivity index (χ0n) is 4.71. The summed E-state index contributed by atoms with van der Waals surface area (Å²) < 4.78 is 0. The Labute approximate surface area is 58.2 Å². The Morgan fingerprint density at radius 1 is 1.44 bits per heavy atom. The summed E-state index contributed by atoms with van der Waals surface area (Å²) in [5.41, 5.74) is 0.736. The third-order valence-corrected chi connectivity index (χ3v) is 1.06. The van der Waals surface area contributed by atoms with Gasteiger partial charge in [-0.1, -0.05) is 18.2 Å². The molecule has 0 atom stereocenters. The summed E-state index contributed by atoms with van der Waals surface area (Å²) in [6.45, 7) is 3.52. The molecule has 2 nitrogen and oxygen atoms in total. The van der Waals surface area contributed by atoms with Gasteiger partial charge in [0, 0.05) is 0 Å². The molecule has 0 fully saturated rings. The van der Waals surface area contributed by atoms with Crippen molar-refractivity contribution in [3.8, 4) is 0 Å². The normalized spacial score (nSPS) is 9.00. The van der Waals surface area contributed by atoms with Crippen LogP contribution in [0.2, 0.25) is 5.15 Å². The molecule has 0 unspecified atom stereocenters. The van der Waals surface area contributed by atoms with E-state index in [1.807, 2.05) is 0 Å². The van der Waals surface area contributed by atoms with E-state index in [1.165, 1.54) is 0 Å². The van der Waals surface area contributed by atoms with Gasteiger partial charge in [0.2, 0.25) is 0 Å². The van der Waals surface area contributed by atoms with Crippen LogP contribution >= 0.6 is 11.6 Å². The summed E-state index contributed by atoms with van der Waals surface area (Å²) >= 11 is 5.46. The fourth-order valence-electron chi connectivity index (χ4n) is 0.435. The summed E-state index contributed by atoms with van der Waals surface area (Å²) in [6.07, 6.45) is 1.61. The number of nitrogens with zero attached hydrogens (tertiary/aromatic N) is 2. The largest absolute Gasteiger partial charge is 0.151 e. The van der Waals surface area contributed by atoms with Crippen LogP contribution in [-0.4, -0.2) is 10.2 Å². The van der Waals surface area contributed by atoms with Gasteiger partial charge >= 0.3 is 0 Å². The van der Waals surface area contributed by atoms with Crippen molar-refractivity contribution in [3.63, 3.8) is 0 Å². The lowest BCUT2D eigenvalue weighted by Crippen LogP contribution is -1.83. The average molecular weight is 141 g/mol. The van der Waals surface area contributed by atoms with Crippen molar-refractivity contribution in [3.05, 3.63) is 29.6 Å². The maximum atomic E-state index is 5.46. The highest BCUT2D eigenvalue weighted by Gasteiger charge is 1.87. The van der Waals surface area contributed by atoms with Crippen molar-refractivity contribution in [1.82, 2.24) is 10.2 Å². The molecule has 0 saturated carbocycles. The molecule has 3 heteroatoms. The Kier molecular flexibility index (Phi) is 1.80. The molecule has 0 spiro atoms. The number of hydrogen-bond acceptors (Lipinski definition) is 2. The number of hydrogen-bond donors (Lipinski definition) is 0. The molecule has 0 saturated heterocycles. The van der Waals surface area contributed by atoms with Crippen LogP contribution in [-0.2, 0) is 0 Å². The smallest absolute Gasteiger partial charge is 0.150 e. The summed E-state index contributed by atoms with van der Waals surface area (Å²) in [5.74, 6) is 0. The molecule has 0 aromatic carbocycles. The molecule has 46 valence electrons. The minimum Gasteiger partial charge on any atom is -0.150 e. The van der Waals surface area contributed by atoms with E-state index in [0.717, 1.165) is 5.69 Å². The molecule has 0 aliphatic rings. The second kappa shape index (κ2) is 2.60. The molecule has 1 aromatic rings. The van der Waals surface area contributed by atoms with Crippen LogP contribution < -0.4 is 0 Å². The fourth-order valence-corrected chi connectivity index (χ4v) is 0.536. The highest BCUT2D eigenvalue weighted by Crippen LogP contribution is 2.01. The Bertz CT molecular complexity index is 205. The molecule has 0 aliphatic carbocycles. The van der Waals surface area contributed by atoms with Gasteiger partial charge in [-0.05, 0) is 18.2 Å². The molecular formula is C6H5ClN2. The highest BCUT2D eigenvalue weighted by atomic mass is 35.5. The predicted molar refractivity (Wildman–Crippen MR) is 37.1 cm³/mol. The molecule has 0 N–H and O–H groups in total. The minimum absolute atomic E-state index is 0.403. The number of halogens is 1. The fraction of sp³-hybridized carbons (Fsp3) is 0. The van der Waals surface area contributed by atoms with Crippen molar-refractivity contribution in [2.24, 2.45) is 0 Å². The molecule has 9 heavy (non-hydrogen) atoms. The Hall–Kier alpha value is -0.890. The lowest BCUT2D eigenvalue weighted by Gasteiger charge is -1.87. The first kappa shape index (κ1) is 6.23. The monoisotopic (exact) mass is 140 g/mol. The van der Waals surface area contributed by atoms with E-state index in [1.54, 1.807) is 18.2 Å². The van der Waals surface area contributed by atoms with Gasteiger partial charge in [0.15, 0.2) is 5.15 Å². The van der Waals surface area contributed by atoms with Gasteiger partial charge in [-0.3, -0.25) is 0 Å². The molecule has 0 bridgehead atoms. The lowest BCUT2D eigenvalue weighted by molar-refractivity contribution is 1.02. The van der Waals surface area contributed by atoms with Crippen LogP contribution in [0.4, 0.5) is 0 Å². The van der Waals surface area contributed by atoms with E-state index in [2.05, 4.69) is 16.8 Å². The molecular weight excluding hydrogens is 136 g/mol. The second-order valence-electron chi connectivity index (χ2n) is 1.49. The second-order valence-corrected chi connectivity index (χ2v) is 1.87. The molecule has 1 rings (SSSR count). The van der Waals surface area contributed by atoms with E-state index < -0.39 is 0 Å². The summed E-state index contributed by atoms with van der Waals surface area (Å²) in [7, 11) is 0. The van der Waals surface area contributed by atoms with E-state index in [9.17, 15) is 0 Å². The van der Waals surface area contributed by atoms with Crippen molar-refractivity contribution in [2.75, 3.05) is 0 Å². The average Bonchev–Trinajstić information content (AvgIpc) is 1.90. The molecule has 0 aliphatic heterocycles. The van der Waals surface area contributed by atoms with Gasteiger partial charge in [-0.2, -0.15) is 0 Å². The van der Waals surface area contributed by atoms with E-state index >= 15 is 0 Å². The van der Waals surface area contributed by atoms with Crippen molar-refractivity contribution < 1.29 is 0 Å². The Morgan fingerprint density at radius 2 is 2.22 bits per heavy atom. The Morgan fingerprint density at radius 3 is 2.67 bits per heavy atom. The predicted octanol–water partition coefficient (Wildman–Crippen LogP) is 1.77. The van der Waals surface area contributed by atoms with Gasteiger partial charge in [0.25, 0.3) is 0 Å². The summed E-state index contributed by atoms with van der Waals surface area (Å²) in [5, 5.41) is 7.69. The van der Waals surface area contributed by atoms with Crippen LogP contribution in [0.15, 0.2) is 18.7 Å². The van der Waals surface area contributed by atoms with Gasteiger partial charge in [0.05, 0.1) is 5.69 Å². The maximum Gasteiger partial charge on any atom is 0.151 e. The van der Waals surface area contributed by atoms with Gasteiger partial charge in [-0.25, -0.2) is 0 Å². The van der Waals surface area contributed by atoms with Gasteiger partial charge < -0.3 is 0 Å². The minimum atomic E-state index is 0.403. The first-order valence-electron chi connectivity index (χ1n) is 2.44. The SMILES string of the molecule is C=Cc1ccc(Cl)nn1. The van der Waals surface area contributed by atoms with Crippen molar-refractivity contribution in [2.45, 2.75) is 0 Å². The topological polar surface area (TPSA) is 25.8 Å². The Balaban J connectivity index is 3.01. The van der Waals surface area contributed by atoms with E-state index in [-0.39, 0.29) is 0 Å². The van der Waals surface area contributed by atoms with Crippen LogP contribution in [0.1, 0.15) is 5.69 Å². The number of rotatable bonds is 1. The third kappa shape index (κ3) is 1.50. The van der Waals surface area contributed by atoms with Crippen LogP contribution in [0.3, 0.4) is 0 Å². The van der Waals surface area contributed by atoms with Crippen molar-refractivity contribution in [1.29, 1.82) is 0 Å². The summed E-state index contributed by atoms with van der Waals surface area (Å²) in [6, 6.07) is 3.42. The maximum absolute atomic E-state index is 5.46. The highest BCUT2D eigenvalue weighted by molar-refractivity contribution is 6.29. The first-order valence-corrected chi connectivity index (χ1v) is 2.82. The van der Waals surface area contributed by atoms with E-state index in [0.29, 0.717) is 5.15 Å². The van der Waals surface area contributed by atoms with Crippen molar-refractivity contribution >= 4 is 17.7 Å². The zero-order valence-corrected chi connectivity index (χ0v) is 5.47. The van der Waals surface area contributed by atoms with Gasteiger partial charge in [-0.15, -0.1) is 10.2 Å². The first-order chi connectivity index (χ1) is 4.33. The zero-order chi connectivity index (χ0) is 6.69. The van der Waals surface area contributed by atoms with Crippen LogP contribution in [0.25, 0.3) is 6.08 Å².